The smallest absolute Gasteiger partial charge is 0.240 e. The van der Waals surface area contributed by atoms with Crippen LogP contribution in [0.3, 0.4) is 0 Å². The van der Waals surface area contributed by atoms with Gasteiger partial charge < -0.3 is 5.73 Å². The van der Waals surface area contributed by atoms with E-state index in [4.69, 9.17) is 5.73 Å². The van der Waals surface area contributed by atoms with Gasteiger partial charge in [-0.15, -0.1) is 10.2 Å². The molecule has 1 aromatic heterocycles. The molecule has 1 heterocycles. The zero-order valence-corrected chi connectivity index (χ0v) is 15.2. The van der Waals surface area contributed by atoms with E-state index in [9.17, 15) is 0 Å². The Labute approximate surface area is 149 Å². The van der Waals surface area contributed by atoms with Crippen molar-refractivity contribution in [1.29, 1.82) is 0 Å². The van der Waals surface area contributed by atoms with Crippen LogP contribution in [0.1, 0.15) is 50.7 Å². The van der Waals surface area contributed by atoms with E-state index in [1.807, 2.05) is 30.3 Å². The Kier molecular flexibility index (Phi) is 4.79. The summed E-state index contributed by atoms with van der Waals surface area (Å²) in [6, 6.07) is 16.6. The van der Waals surface area contributed by atoms with Crippen molar-refractivity contribution in [2.75, 3.05) is 5.73 Å². The molecule has 0 unspecified atom stereocenters. The van der Waals surface area contributed by atoms with Crippen LogP contribution < -0.4 is 5.73 Å². The number of aromatic nitrogens is 3. The molecule has 3 rings (SSSR count). The van der Waals surface area contributed by atoms with Gasteiger partial charge in [0, 0.05) is 11.1 Å². The van der Waals surface area contributed by atoms with Crippen LogP contribution in [0, 0.1) is 0 Å². The molecule has 0 radical (unpaired) electrons. The van der Waals surface area contributed by atoms with Gasteiger partial charge >= 0.3 is 0 Å². The third-order valence-corrected chi connectivity index (χ3v) is 4.33. The zero-order valence-electron chi connectivity index (χ0n) is 15.2. The molecule has 0 aliphatic heterocycles. The third-order valence-electron chi connectivity index (χ3n) is 4.33. The monoisotopic (exact) mass is 332 g/mol. The molecule has 3 aromatic rings. The average Bonchev–Trinajstić information content (AvgIpc) is 2.62. The summed E-state index contributed by atoms with van der Waals surface area (Å²) in [5.74, 6) is 1.06. The van der Waals surface area contributed by atoms with Gasteiger partial charge in [0.2, 0.25) is 5.95 Å². The van der Waals surface area contributed by atoms with Crippen molar-refractivity contribution in [2.24, 2.45) is 0 Å². The lowest BCUT2D eigenvalue weighted by molar-refractivity contribution is 0.834. The van der Waals surface area contributed by atoms with Gasteiger partial charge in [-0.1, -0.05) is 64.1 Å². The van der Waals surface area contributed by atoms with Crippen LogP contribution in [0.4, 0.5) is 5.95 Å². The van der Waals surface area contributed by atoms with Gasteiger partial charge in [-0.25, -0.2) is 4.98 Å². The molecule has 4 heteroatoms. The standard InChI is InChI=1S/C21H24N4/c1-13(2)16-10-17(14(3)4)12-18(11-16)20-19(23-21(22)25-24-20)15-8-6-5-7-9-15/h5-14H,1-4H3,(H2,22,23,25). The predicted molar refractivity (Wildman–Crippen MR) is 103 cm³/mol. The van der Waals surface area contributed by atoms with E-state index >= 15 is 0 Å². The lowest BCUT2D eigenvalue weighted by atomic mass is 9.91. The largest absolute Gasteiger partial charge is 0.366 e. The minimum absolute atomic E-state index is 0.187. The van der Waals surface area contributed by atoms with Crippen molar-refractivity contribution in [2.45, 2.75) is 39.5 Å². The van der Waals surface area contributed by atoms with E-state index in [1.54, 1.807) is 0 Å². The number of benzene rings is 2. The Morgan fingerprint density at radius 2 is 1.32 bits per heavy atom. The first-order chi connectivity index (χ1) is 12.0. The molecule has 0 saturated carbocycles. The van der Waals surface area contributed by atoms with E-state index in [0.29, 0.717) is 11.8 Å². The van der Waals surface area contributed by atoms with E-state index in [0.717, 1.165) is 22.5 Å². The fourth-order valence-corrected chi connectivity index (χ4v) is 2.81. The molecule has 4 nitrogen and oxygen atoms in total. The Hall–Kier alpha value is -2.75. The summed E-state index contributed by atoms with van der Waals surface area (Å²) in [6.45, 7) is 8.81. The summed E-state index contributed by atoms with van der Waals surface area (Å²) in [6.07, 6.45) is 0. The molecule has 0 aliphatic carbocycles. The van der Waals surface area contributed by atoms with Crippen LogP contribution in [0.2, 0.25) is 0 Å². The summed E-state index contributed by atoms with van der Waals surface area (Å²) < 4.78 is 0. The highest BCUT2D eigenvalue weighted by Gasteiger charge is 2.15. The number of anilines is 1. The first kappa shape index (κ1) is 17.1. The molecular formula is C21H24N4. The van der Waals surface area contributed by atoms with Crippen molar-refractivity contribution >= 4 is 5.95 Å². The molecule has 0 bridgehead atoms. The summed E-state index contributed by atoms with van der Waals surface area (Å²) in [5.41, 5.74) is 12.0. The highest BCUT2D eigenvalue weighted by molar-refractivity contribution is 5.78. The van der Waals surface area contributed by atoms with Crippen molar-refractivity contribution in [3.63, 3.8) is 0 Å². The topological polar surface area (TPSA) is 64.7 Å². The van der Waals surface area contributed by atoms with Crippen LogP contribution in [0.25, 0.3) is 22.5 Å². The van der Waals surface area contributed by atoms with E-state index in [1.165, 1.54) is 11.1 Å². The molecule has 128 valence electrons. The highest BCUT2D eigenvalue weighted by Crippen LogP contribution is 2.33. The fraction of sp³-hybridized carbons (Fsp3) is 0.286. The number of nitrogens with two attached hydrogens (primary N) is 1. The molecule has 2 aromatic carbocycles. The third kappa shape index (κ3) is 3.68. The fourth-order valence-electron chi connectivity index (χ4n) is 2.81. The zero-order chi connectivity index (χ0) is 18.0. The molecular weight excluding hydrogens is 308 g/mol. The van der Waals surface area contributed by atoms with Crippen LogP contribution >= 0.6 is 0 Å². The van der Waals surface area contributed by atoms with Gasteiger partial charge in [0.15, 0.2) is 0 Å². The van der Waals surface area contributed by atoms with Crippen molar-refractivity contribution in [3.8, 4) is 22.5 Å². The molecule has 0 spiro atoms. The quantitative estimate of drug-likeness (QED) is 0.727. The van der Waals surface area contributed by atoms with Gasteiger partial charge in [0.1, 0.15) is 11.4 Å². The van der Waals surface area contributed by atoms with Gasteiger partial charge in [-0.3, -0.25) is 0 Å². The maximum absolute atomic E-state index is 5.81. The molecule has 0 saturated heterocycles. The SMILES string of the molecule is CC(C)c1cc(-c2nnc(N)nc2-c2ccccc2)cc(C(C)C)c1. The Morgan fingerprint density at radius 1 is 0.720 bits per heavy atom. The molecule has 2 N–H and O–H groups in total. The second-order valence-corrected chi connectivity index (χ2v) is 6.93. The maximum atomic E-state index is 5.81. The van der Waals surface area contributed by atoms with Gasteiger partial charge in [-0.2, -0.15) is 0 Å². The number of hydrogen-bond acceptors (Lipinski definition) is 4. The van der Waals surface area contributed by atoms with Crippen LogP contribution in [0.15, 0.2) is 48.5 Å². The summed E-state index contributed by atoms with van der Waals surface area (Å²) >= 11 is 0. The predicted octanol–water partition coefficient (Wildman–Crippen LogP) is 5.03. The minimum atomic E-state index is 0.187. The Bertz CT molecular complexity index is 844. The van der Waals surface area contributed by atoms with Gasteiger partial charge in [0.05, 0.1) is 0 Å². The first-order valence-corrected chi connectivity index (χ1v) is 8.66. The lowest BCUT2D eigenvalue weighted by Gasteiger charge is -2.15. The molecule has 0 atom stereocenters. The van der Waals surface area contributed by atoms with Crippen LogP contribution in [-0.2, 0) is 0 Å². The van der Waals surface area contributed by atoms with E-state index < -0.39 is 0 Å². The highest BCUT2D eigenvalue weighted by atomic mass is 15.2. The Balaban J connectivity index is 2.23. The van der Waals surface area contributed by atoms with Crippen molar-refractivity contribution < 1.29 is 0 Å². The van der Waals surface area contributed by atoms with Crippen molar-refractivity contribution in [3.05, 3.63) is 59.7 Å². The number of nitrogens with zero attached hydrogens (tertiary/aromatic N) is 3. The number of rotatable bonds is 4. The summed E-state index contributed by atoms with van der Waals surface area (Å²) in [7, 11) is 0. The van der Waals surface area contributed by atoms with Crippen LogP contribution in [-0.4, -0.2) is 15.2 Å². The first-order valence-electron chi connectivity index (χ1n) is 8.66. The van der Waals surface area contributed by atoms with Crippen molar-refractivity contribution in [1.82, 2.24) is 15.2 Å². The molecule has 0 aliphatic rings. The van der Waals surface area contributed by atoms with Gasteiger partial charge in [0.25, 0.3) is 0 Å². The van der Waals surface area contributed by atoms with E-state index in [-0.39, 0.29) is 5.95 Å². The maximum Gasteiger partial charge on any atom is 0.240 e. The number of hydrogen-bond donors (Lipinski definition) is 1. The average molecular weight is 332 g/mol. The molecule has 0 amide bonds. The minimum Gasteiger partial charge on any atom is -0.366 e. The summed E-state index contributed by atoms with van der Waals surface area (Å²) in [4.78, 5) is 4.47. The summed E-state index contributed by atoms with van der Waals surface area (Å²) in [5, 5.41) is 8.40. The Morgan fingerprint density at radius 3 is 1.88 bits per heavy atom. The van der Waals surface area contributed by atoms with E-state index in [2.05, 4.69) is 61.1 Å². The normalized spacial score (nSPS) is 11.3. The molecule has 0 fully saturated rings. The second kappa shape index (κ2) is 7.01. The molecule has 25 heavy (non-hydrogen) atoms. The van der Waals surface area contributed by atoms with Crippen LogP contribution in [0.5, 0.6) is 0 Å². The van der Waals surface area contributed by atoms with Gasteiger partial charge in [-0.05, 0) is 35.1 Å². The second-order valence-electron chi connectivity index (χ2n) is 6.93. The number of nitrogen functional groups attached to an aromatic ring is 1. The lowest BCUT2D eigenvalue weighted by Crippen LogP contribution is -2.03.